The van der Waals surface area contributed by atoms with E-state index in [1.807, 2.05) is 0 Å². The summed E-state index contributed by atoms with van der Waals surface area (Å²) >= 11 is 0. The van der Waals surface area contributed by atoms with E-state index in [1.165, 1.54) is 6.08 Å². The topological polar surface area (TPSA) is 109 Å². The van der Waals surface area contributed by atoms with E-state index in [2.05, 4.69) is 22.0 Å². The van der Waals surface area contributed by atoms with Gasteiger partial charge in [0.25, 0.3) is 0 Å². The van der Waals surface area contributed by atoms with Crippen LogP contribution in [0.5, 0.6) is 0 Å². The van der Waals surface area contributed by atoms with Gasteiger partial charge in [-0.1, -0.05) is 11.2 Å². The molecule has 0 bridgehead atoms. The molecule has 0 aromatic carbocycles. The van der Waals surface area contributed by atoms with Gasteiger partial charge in [0.1, 0.15) is 6.54 Å². The van der Waals surface area contributed by atoms with Gasteiger partial charge < -0.3 is 19.8 Å². The van der Waals surface area contributed by atoms with E-state index in [4.69, 9.17) is 9.63 Å². The number of aromatic nitrogens is 2. The molecule has 0 aliphatic carbocycles. The van der Waals surface area contributed by atoms with Crippen molar-refractivity contribution in [1.29, 1.82) is 0 Å². The molecule has 0 saturated carbocycles. The lowest BCUT2D eigenvalue weighted by atomic mass is 10.4. The number of carboxylic acid groups (broad SMARTS) is 1. The SMILES string of the molecule is C=CCN(CC(=O)O)C(=O)NCCc1noc(C)n1. The fourth-order valence-corrected chi connectivity index (χ4v) is 1.37. The summed E-state index contributed by atoms with van der Waals surface area (Å²) in [5.74, 6) is -0.127. The van der Waals surface area contributed by atoms with Crippen LogP contribution in [0.2, 0.25) is 0 Å². The molecule has 0 aliphatic rings. The van der Waals surface area contributed by atoms with E-state index < -0.39 is 12.0 Å². The number of amides is 2. The summed E-state index contributed by atoms with van der Waals surface area (Å²) in [6, 6.07) is -0.470. The molecule has 1 heterocycles. The van der Waals surface area contributed by atoms with Crippen LogP contribution in [0.15, 0.2) is 17.2 Å². The Morgan fingerprint density at radius 1 is 1.58 bits per heavy atom. The number of carboxylic acids is 1. The number of hydrogen-bond acceptors (Lipinski definition) is 5. The Balaban J connectivity index is 2.39. The summed E-state index contributed by atoms with van der Waals surface area (Å²) in [4.78, 5) is 27.4. The average molecular weight is 268 g/mol. The van der Waals surface area contributed by atoms with Gasteiger partial charge in [-0.15, -0.1) is 6.58 Å². The van der Waals surface area contributed by atoms with Crippen LogP contribution >= 0.6 is 0 Å². The number of carbonyl (C=O) groups is 2. The maximum absolute atomic E-state index is 11.7. The highest BCUT2D eigenvalue weighted by Crippen LogP contribution is 1.96. The second-order valence-corrected chi connectivity index (χ2v) is 3.77. The van der Waals surface area contributed by atoms with Crippen molar-refractivity contribution in [1.82, 2.24) is 20.4 Å². The van der Waals surface area contributed by atoms with Crippen LogP contribution in [0.4, 0.5) is 4.79 Å². The Bertz CT molecular complexity index is 457. The predicted molar refractivity (Wildman–Crippen MR) is 65.5 cm³/mol. The molecule has 1 aromatic heterocycles. The highest BCUT2D eigenvalue weighted by molar-refractivity contribution is 5.80. The second-order valence-electron chi connectivity index (χ2n) is 3.77. The zero-order valence-corrected chi connectivity index (χ0v) is 10.6. The number of nitrogens with zero attached hydrogens (tertiary/aromatic N) is 3. The number of carbonyl (C=O) groups excluding carboxylic acids is 1. The third kappa shape index (κ3) is 5.19. The van der Waals surface area contributed by atoms with Crippen LogP contribution in [0.1, 0.15) is 11.7 Å². The van der Waals surface area contributed by atoms with Crippen molar-refractivity contribution in [3.63, 3.8) is 0 Å². The van der Waals surface area contributed by atoms with Gasteiger partial charge >= 0.3 is 12.0 Å². The van der Waals surface area contributed by atoms with Crippen molar-refractivity contribution in [2.24, 2.45) is 0 Å². The molecule has 0 aliphatic heterocycles. The molecule has 0 saturated heterocycles. The van der Waals surface area contributed by atoms with E-state index in [-0.39, 0.29) is 13.1 Å². The molecule has 0 unspecified atom stereocenters. The Morgan fingerprint density at radius 2 is 2.32 bits per heavy atom. The first-order chi connectivity index (χ1) is 9.02. The van der Waals surface area contributed by atoms with Gasteiger partial charge in [0.15, 0.2) is 5.82 Å². The lowest BCUT2D eigenvalue weighted by Crippen LogP contribution is -2.43. The molecule has 8 heteroatoms. The van der Waals surface area contributed by atoms with Crippen molar-refractivity contribution in [2.75, 3.05) is 19.6 Å². The quantitative estimate of drug-likeness (QED) is 0.684. The monoisotopic (exact) mass is 268 g/mol. The van der Waals surface area contributed by atoms with E-state index in [9.17, 15) is 9.59 Å². The molecule has 1 rings (SSSR count). The van der Waals surface area contributed by atoms with Gasteiger partial charge in [0, 0.05) is 26.4 Å². The van der Waals surface area contributed by atoms with Gasteiger partial charge in [-0.05, 0) is 0 Å². The van der Waals surface area contributed by atoms with Gasteiger partial charge in [-0.3, -0.25) is 4.79 Å². The molecule has 0 radical (unpaired) electrons. The van der Waals surface area contributed by atoms with Crippen LogP contribution in [0.3, 0.4) is 0 Å². The third-order valence-corrected chi connectivity index (χ3v) is 2.16. The van der Waals surface area contributed by atoms with Gasteiger partial charge in [-0.2, -0.15) is 4.98 Å². The maximum Gasteiger partial charge on any atom is 0.323 e. The molecule has 1 aromatic rings. The molecular weight excluding hydrogens is 252 g/mol. The first kappa shape index (κ1) is 14.7. The minimum Gasteiger partial charge on any atom is -0.480 e. The molecule has 2 amide bonds. The largest absolute Gasteiger partial charge is 0.480 e. The van der Waals surface area contributed by atoms with Crippen molar-refractivity contribution in [2.45, 2.75) is 13.3 Å². The van der Waals surface area contributed by atoms with Gasteiger partial charge in [0.05, 0.1) is 0 Å². The van der Waals surface area contributed by atoms with Crippen LogP contribution in [0.25, 0.3) is 0 Å². The van der Waals surface area contributed by atoms with Crippen LogP contribution < -0.4 is 5.32 Å². The van der Waals surface area contributed by atoms with Crippen molar-refractivity contribution in [3.8, 4) is 0 Å². The smallest absolute Gasteiger partial charge is 0.323 e. The standard InChI is InChI=1S/C11H16N4O4/c1-3-6-15(7-10(16)17)11(18)12-5-4-9-13-8(2)19-14-9/h3H,1,4-7H2,2H3,(H,12,18)(H,16,17). The van der Waals surface area contributed by atoms with Crippen molar-refractivity contribution >= 4 is 12.0 Å². The highest BCUT2D eigenvalue weighted by atomic mass is 16.5. The van der Waals surface area contributed by atoms with E-state index in [0.29, 0.717) is 24.7 Å². The number of urea groups is 1. The zero-order valence-electron chi connectivity index (χ0n) is 10.6. The molecule has 8 nitrogen and oxygen atoms in total. The summed E-state index contributed by atoms with van der Waals surface area (Å²) < 4.78 is 4.79. The Kier molecular flexibility index (Phi) is 5.52. The molecular formula is C11H16N4O4. The first-order valence-corrected chi connectivity index (χ1v) is 5.67. The fraction of sp³-hybridized carbons (Fsp3) is 0.455. The number of aliphatic carboxylic acids is 1. The normalized spacial score (nSPS) is 9.95. The average Bonchev–Trinajstić information content (AvgIpc) is 2.74. The minimum atomic E-state index is -1.08. The highest BCUT2D eigenvalue weighted by Gasteiger charge is 2.14. The van der Waals surface area contributed by atoms with Gasteiger partial charge in [0.2, 0.25) is 5.89 Å². The third-order valence-electron chi connectivity index (χ3n) is 2.16. The van der Waals surface area contributed by atoms with E-state index in [0.717, 1.165) is 4.90 Å². The van der Waals surface area contributed by atoms with Crippen molar-refractivity contribution < 1.29 is 19.2 Å². The summed E-state index contributed by atoms with van der Waals surface area (Å²) in [5, 5.41) is 14.9. The Hall–Kier alpha value is -2.38. The van der Waals surface area contributed by atoms with Crippen molar-refractivity contribution in [3.05, 3.63) is 24.4 Å². The summed E-state index contributed by atoms with van der Waals surface area (Å²) in [5.41, 5.74) is 0. The van der Waals surface area contributed by atoms with E-state index >= 15 is 0 Å². The molecule has 2 N–H and O–H groups in total. The molecule has 104 valence electrons. The first-order valence-electron chi connectivity index (χ1n) is 5.67. The van der Waals surface area contributed by atoms with Crippen LogP contribution in [0, 0.1) is 6.92 Å². The molecule has 0 atom stereocenters. The van der Waals surface area contributed by atoms with Gasteiger partial charge in [-0.25, -0.2) is 4.79 Å². The predicted octanol–water partition coefficient (Wildman–Crippen LogP) is 0.203. The minimum absolute atomic E-state index is 0.166. The number of nitrogens with one attached hydrogen (secondary N) is 1. The van der Waals surface area contributed by atoms with Crippen LogP contribution in [-0.2, 0) is 11.2 Å². The van der Waals surface area contributed by atoms with E-state index in [1.54, 1.807) is 6.92 Å². The summed E-state index contributed by atoms with van der Waals surface area (Å²) in [6.45, 7) is 5.24. The lowest BCUT2D eigenvalue weighted by molar-refractivity contribution is -0.137. The lowest BCUT2D eigenvalue weighted by Gasteiger charge is -2.19. The summed E-state index contributed by atoms with van der Waals surface area (Å²) in [7, 11) is 0. The zero-order chi connectivity index (χ0) is 14.3. The molecule has 0 fully saturated rings. The number of hydrogen-bond donors (Lipinski definition) is 2. The number of rotatable bonds is 7. The molecule has 0 spiro atoms. The second kappa shape index (κ2) is 7.14. The maximum atomic E-state index is 11.7. The fourth-order valence-electron chi connectivity index (χ4n) is 1.37. The molecule has 19 heavy (non-hydrogen) atoms. The van der Waals surface area contributed by atoms with Crippen LogP contribution in [-0.4, -0.2) is 51.8 Å². The summed E-state index contributed by atoms with van der Waals surface area (Å²) in [6.07, 6.45) is 1.88. The Labute approximate surface area is 110 Å². The number of aryl methyl sites for hydroxylation is 1. The Morgan fingerprint density at radius 3 is 2.84 bits per heavy atom.